The summed E-state index contributed by atoms with van der Waals surface area (Å²) in [6.45, 7) is 8.55. The lowest BCUT2D eigenvalue weighted by Crippen LogP contribution is -2.43. The lowest BCUT2D eigenvalue weighted by atomic mass is 9.97. The molecule has 0 spiro atoms. The van der Waals surface area contributed by atoms with E-state index in [0.717, 1.165) is 64.7 Å². The van der Waals surface area contributed by atoms with Crippen LogP contribution in [-0.4, -0.2) is 93.8 Å². The zero-order valence-electron chi connectivity index (χ0n) is 18.1. The Hall–Kier alpha value is -1.63. The van der Waals surface area contributed by atoms with Crippen LogP contribution in [0.3, 0.4) is 0 Å². The van der Waals surface area contributed by atoms with Crippen molar-refractivity contribution in [2.75, 3.05) is 73.2 Å². The zero-order valence-corrected chi connectivity index (χ0v) is 18.1. The minimum atomic E-state index is 0.270. The Morgan fingerprint density at radius 3 is 2.62 bits per heavy atom. The van der Waals surface area contributed by atoms with E-state index in [1.54, 1.807) is 7.11 Å². The molecule has 2 aliphatic heterocycles. The fraction of sp³-hybridized carbons (Fsp3) is 0.696. The van der Waals surface area contributed by atoms with Gasteiger partial charge in [-0.2, -0.15) is 0 Å². The van der Waals surface area contributed by atoms with Crippen LogP contribution in [0.4, 0.5) is 0 Å². The van der Waals surface area contributed by atoms with Crippen molar-refractivity contribution in [3.8, 4) is 5.75 Å². The van der Waals surface area contributed by atoms with Crippen molar-refractivity contribution in [2.45, 2.75) is 25.7 Å². The smallest absolute Gasteiger partial charge is 0.223 e. The number of carbonyl (C=O) groups excluding carboxylic acids is 1. The number of amides is 1. The van der Waals surface area contributed by atoms with Gasteiger partial charge in [0, 0.05) is 52.7 Å². The summed E-state index contributed by atoms with van der Waals surface area (Å²) in [6.07, 6.45) is 4.12. The highest BCUT2D eigenvalue weighted by atomic mass is 16.5. The molecule has 6 heteroatoms. The predicted octanol–water partition coefficient (Wildman–Crippen LogP) is 2.13. The minimum absolute atomic E-state index is 0.270. The highest BCUT2D eigenvalue weighted by Gasteiger charge is 2.23. The van der Waals surface area contributed by atoms with Crippen molar-refractivity contribution in [3.63, 3.8) is 0 Å². The van der Waals surface area contributed by atoms with Crippen LogP contribution in [0.1, 0.15) is 24.8 Å². The molecule has 1 aromatic rings. The third-order valence-electron chi connectivity index (χ3n) is 6.18. The van der Waals surface area contributed by atoms with Crippen LogP contribution in [-0.2, 0) is 16.0 Å². The molecule has 2 fully saturated rings. The molecule has 6 nitrogen and oxygen atoms in total. The largest absolute Gasteiger partial charge is 0.497 e. The van der Waals surface area contributed by atoms with Gasteiger partial charge in [0.2, 0.25) is 5.91 Å². The van der Waals surface area contributed by atoms with Crippen molar-refractivity contribution in [1.29, 1.82) is 0 Å². The molecule has 0 radical (unpaired) electrons. The number of benzene rings is 1. The second-order valence-electron chi connectivity index (χ2n) is 8.39. The summed E-state index contributed by atoms with van der Waals surface area (Å²) in [5.41, 5.74) is 1.35. The number of hydrogen-bond donors (Lipinski definition) is 0. The molecule has 0 aromatic heterocycles. The van der Waals surface area contributed by atoms with Crippen LogP contribution in [0.25, 0.3) is 0 Å². The van der Waals surface area contributed by atoms with E-state index in [1.807, 2.05) is 24.1 Å². The molecule has 1 unspecified atom stereocenters. The Bertz CT molecular complexity index is 616. The molecule has 2 aliphatic rings. The van der Waals surface area contributed by atoms with Crippen LogP contribution >= 0.6 is 0 Å². The van der Waals surface area contributed by atoms with E-state index in [-0.39, 0.29) is 5.91 Å². The number of ether oxygens (including phenoxy) is 2. The van der Waals surface area contributed by atoms with E-state index in [1.165, 1.54) is 24.9 Å². The van der Waals surface area contributed by atoms with Crippen LogP contribution in [0, 0.1) is 5.92 Å². The quantitative estimate of drug-likeness (QED) is 0.632. The topological polar surface area (TPSA) is 45.2 Å². The van der Waals surface area contributed by atoms with E-state index in [0.29, 0.717) is 12.3 Å². The van der Waals surface area contributed by atoms with Gasteiger partial charge in [-0.25, -0.2) is 0 Å². The number of rotatable bonds is 9. The number of likely N-dealkylation sites (tertiary alicyclic amines) is 1. The molecule has 0 aliphatic carbocycles. The normalized spacial score (nSPS) is 21.1. The molecule has 29 heavy (non-hydrogen) atoms. The zero-order chi connectivity index (χ0) is 20.5. The van der Waals surface area contributed by atoms with E-state index < -0.39 is 0 Å². The van der Waals surface area contributed by atoms with E-state index in [9.17, 15) is 4.79 Å². The van der Waals surface area contributed by atoms with Gasteiger partial charge in [0.05, 0.1) is 20.3 Å². The second kappa shape index (κ2) is 11.5. The standard InChI is InChI=1S/C23H37N3O3/c1-24(23(27)10-13-25-14-16-29-17-15-25)18-21-4-3-11-26(19-21)12-9-20-5-7-22(28-2)8-6-20/h5-8,21H,3-4,9-19H2,1-2H3. The van der Waals surface area contributed by atoms with Crippen LogP contribution in [0.5, 0.6) is 5.75 Å². The average Bonchev–Trinajstić information content (AvgIpc) is 2.77. The molecular weight excluding hydrogens is 366 g/mol. The number of morpholine rings is 1. The fourth-order valence-corrected chi connectivity index (χ4v) is 4.34. The summed E-state index contributed by atoms with van der Waals surface area (Å²) in [5.74, 6) is 1.76. The number of hydrogen-bond acceptors (Lipinski definition) is 5. The molecule has 0 saturated carbocycles. The third-order valence-corrected chi connectivity index (χ3v) is 6.18. The minimum Gasteiger partial charge on any atom is -0.497 e. The van der Waals surface area contributed by atoms with E-state index in [2.05, 4.69) is 21.9 Å². The predicted molar refractivity (Wildman–Crippen MR) is 115 cm³/mol. The highest BCUT2D eigenvalue weighted by molar-refractivity contribution is 5.76. The summed E-state index contributed by atoms with van der Waals surface area (Å²) < 4.78 is 10.6. The first-order chi connectivity index (χ1) is 14.1. The van der Waals surface area contributed by atoms with Gasteiger partial charge in [-0.3, -0.25) is 9.69 Å². The number of methoxy groups -OCH3 is 1. The molecule has 162 valence electrons. The molecule has 1 amide bonds. The molecule has 3 rings (SSSR count). The molecule has 1 aromatic carbocycles. The summed E-state index contributed by atoms with van der Waals surface area (Å²) in [7, 11) is 3.67. The fourth-order valence-electron chi connectivity index (χ4n) is 4.34. The first-order valence-electron chi connectivity index (χ1n) is 11.0. The summed E-state index contributed by atoms with van der Waals surface area (Å²) >= 11 is 0. The van der Waals surface area contributed by atoms with Gasteiger partial charge in [0.25, 0.3) is 0 Å². The molecule has 0 bridgehead atoms. The maximum Gasteiger partial charge on any atom is 0.223 e. The molecule has 2 heterocycles. The lowest BCUT2D eigenvalue weighted by Gasteiger charge is -2.35. The summed E-state index contributed by atoms with van der Waals surface area (Å²) in [4.78, 5) is 19.4. The Kier molecular flexibility index (Phi) is 8.77. The van der Waals surface area contributed by atoms with Crippen molar-refractivity contribution in [2.24, 2.45) is 5.92 Å². The first-order valence-corrected chi connectivity index (χ1v) is 11.0. The van der Waals surface area contributed by atoms with Gasteiger partial charge in [0.15, 0.2) is 0 Å². The van der Waals surface area contributed by atoms with Gasteiger partial charge in [-0.1, -0.05) is 12.1 Å². The Morgan fingerprint density at radius 1 is 1.14 bits per heavy atom. The van der Waals surface area contributed by atoms with Crippen molar-refractivity contribution < 1.29 is 14.3 Å². The van der Waals surface area contributed by atoms with Crippen molar-refractivity contribution in [1.82, 2.24) is 14.7 Å². The molecule has 1 atom stereocenters. The first kappa shape index (κ1) is 22.1. The van der Waals surface area contributed by atoms with Crippen molar-refractivity contribution in [3.05, 3.63) is 29.8 Å². The van der Waals surface area contributed by atoms with Gasteiger partial charge < -0.3 is 19.3 Å². The SMILES string of the molecule is COc1ccc(CCN2CCCC(CN(C)C(=O)CCN3CCOCC3)C2)cc1. The van der Waals surface area contributed by atoms with Gasteiger partial charge in [0.1, 0.15) is 5.75 Å². The Balaban J connectivity index is 1.37. The van der Waals surface area contributed by atoms with Crippen molar-refractivity contribution >= 4 is 5.91 Å². The maximum atomic E-state index is 12.5. The molecule has 2 saturated heterocycles. The van der Waals surface area contributed by atoms with Crippen LogP contribution < -0.4 is 4.74 Å². The van der Waals surface area contributed by atoms with Crippen LogP contribution in [0.15, 0.2) is 24.3 Å². The van der Waals surface area contributed by atoms with Gasteiger partial charge >= 0.3 is 0 Å². The number of carbonyl (C=O) groups is 1. The number of piperidine rings is 1. The summed E-state index contributed by atoms with van der Waals surface area (Å²) in [5, 5.41) is 0. The van der Waals surface area contributed by atoms with Gasteiger partial charge in [-0.05, 0) is 49.4 Å². The highest BCUT2D eigenvalue weighted by Crippen LogP contribution is 2.19. The molecular formula is C23H37N3O3. The maximum absolute atomic E-state index is 12.5. The van der Waals surface area contributed by atoms with E-state index in [4.69, 9.17) is 9.47 Å². The molecule has 0 N–H and O–H groups in total. The Labute approximate surface area is 175 Å². The van der Waals surface area contributed by atoms with Crippen LogP contribution in [0.2, 0.25) is 0 Å². The van der Waals surface area contributed by atoms with Gasteiger partial charge in [-0.15, -0.1) is 0 Å². The lowest BCUT2D eigenvalue weighted by molar-refractivity contribution is -0.131. The third kappa shape index (κ3) is 7.28. The average molecular weight is 404 g/mol. The monoisotopic (exact) mass is 403 g/mol. The van der Waals surface area contributed by atoms with E-state index >= 15 is 0 Å². The second-order valence-corrected chi connectivity index (χ2v) is 8.39. The summed E-state index contributed by atoms with van der Waals surface area (Å²) in [6, 6.07) is 8.38. The Morgan fingerprint density at radius 2 is 1.90 bits per heavy atom. The number of nitrogens with zero attached hydrogens (tertiary/aromatic N) is 3.